The second kappa shape index (κ2) is 53.0. The van der Waals surface area contributed by atoms with Crippen molar-refractivity contribution < 1.29 is 24.5 Å². The molecule has 0 saturated heterocycles. The van der Waals surface area contributed by atoms with Crippen LogP contribution in [0.5, 0.6) is 0 Å². The molecule has 0 aliphatic rings. The lowest BCUT2D eigenvalue weighted by Crippen LogP contribution is -2.45. The lowest BCUT2D eigenvalue weighted by molar-refractivity contribution is -0.143. The van der Waals surface area contributed by atoms with E-state index >= 15 is 0 Å². The van der Waals surface area contributed by atoms with E-state index in [0.717, 1.165) is 57.8 Å². The number of rotatable bonds is 52. The first-order valence-electron chi connectivity index (χ1n) is 28.1. The molecule has 372 valence electrons. The third kappa shape index (κ3) is 49.6. The van der Waals surface area contributed by atoms with Crippen molar-refractivity contribution >= 4 is 11.9 Å². The van der Waals surface area contributed by atoms with Crippen LogP contribution in [0.25, 0.3) is 0 Å². The molecule has 0 radical (unpaired) electrons. The first-order valence-corrected chi connectivity index (χ1v) is 28.1. The summed E-state index contributed by atoms with van der Waals surface area (Å²) in [7, 11) is 0. The highest BCUT2D eigenvalue weighted by atomic mass is 16.5. The predicted molar refractivity (Wildman–Crippen MR) is 273 cm³/mol. The van der Waals surface area contributed by atoms with E-state index in [1.165, 1.54) is 218 Å². The Morgan fingerprint density at radius 2 is 0.746 bits per heavy atom. The summed E-state index contributed by atoms with van der Waals surface area (Å²) in [6, 6.07) is -0.636. The van der Waals surface area contributed by atoms with Crippen LogP contribution in [0.1, 0.15) is 303 Å². The van der Waals surface area contributed by atoms with Crippen LogP contribution in [-0.2, 0) is 14.3 Å². The number of amides is 1. The molecule has 0 aliphatic heterocycles. The van der Waals surface area contributed by atoms with Crippen LogP contribution < -0.4 is 5.32 Å². The average molecular weight is 889 g/mol. The van der Waals surface area contributed by atoms with E-state index in [2.05, 4.69) is 31.3 Å². The second-order valence-electron chi connectivity index (χ2n) is 19.3. The van der Waals surface area contributed by atoms with Gasteiger partial charge in [0.2, 0.25) is 5.91 Å². The summed E-state index contributed by atoms with van der Waals surface area (Å²) in [5, 5.41) is 23.1. The van der Waals surface area contributed by atoms with Gasteiger partial charge >= 0.3 is 5.97 Å². The van der Waals surface area contributed by atoms with Gasteiger partial charge in [-0.3, -0.25) is 9.59 Å². The number of allylic oxidation sites excluding steroid dienone is 3. The van der Waals surface area contributed by atoms with Gasteiger partial charge in [0.05, 0.1) is 25.4 Å². The first kappa shape index (κ1) is 61.3. The Hall–Kier alpha value is -1.66. The molecule has 0 aromatic rings. The lowest BCUT2D eigenvalue weighted by atomic mass is 10.0. The molecule has 0 spiro atoms. The zero-order chi connectivity index (χ0) is 45.8. The van der Waals surface area contributed by atoms with Gasteiger partial charge in [-0.25, -0.2) is 0 Å². The zero-order valence-corrected chi connectivity index (χ0v) is 42.3. The number of hydrogen-bond donors (Lipinski definition) is 3. The first-order chi connectivity index (χ1) is 31.0. The summed E-state index contributed by atoms with van der Waals surface area (Å²) in [6.45, 7) is 4.87. The van der Waals surface area contributed by atoms with E-state index in [4.69, 9.17) is 4.74 Å². The summed E-state index contributed by atoms with van der Waals surface area (Å²) in [5.74, 6) is -0.0899. The Kier molecular flexibility index (Phi) is 51.6. The Bertz CT molecular complexity index is 982. The highest BCUT2D eigenvalue weighted by molar-refractivity contribution is 5.76. The van der Waals surface area contributed by atoms with Gasteiger partial charge in [-0.15, -0.1) is 0 Å². The van der Waals surface area contributed by atoms with E-state index in [0.29, 0.717) is 19.4 Å². The quantitative estimate of drug-likeness (QED) is 0.0321. The summed E-state index contributed by atoms with van der Waals surface area (Å²) < 4.78 is 5.45. The minimum Gasteiger partial charge on any atom is -0.466 e. The van der Waals surface area contributed by atoms with Gasteiger partial charge in [0.15, 0.2) is 0 Å². The smallest absolute Gasteiger partial charge is 0.305 e. The fourth-order valence-corrected chi connectivity index (χ4v) is 8.63. The molecular formula is C57H109NO5. The number of esters is 1. The minimum absolute atomic E-state index is 0.0133. The molecule has 0 bridgehead atoms. The Balaban J connectivity index is 3.49. The Morgan fingerprint density at radius 3 is 1.16 bits per heavy atom. The van der Waals surface area contributed by atoms with Crippen molar-refractivity contribution in [3.63, 3.8) is 0 Å². The van der Waals surface area contributed by atoms with Crippen LogP contribution in [0.2, 0.25) is 0 Å². The largest absolute Gasteiger partial charge is 0.466 e. The number of nitrogens with one attached hydrogen (secondary N) is 1. The summed E-state index contributed by atoms with van der Waals surface area (Å²) >= 11 is 0. The topological polar surface area (TPSA) is 95.9 Å². The molecular weight excluding hydrogens is 779 g/mol. The molecule has 6 heteroatoms. The molecule has 1 amide bonds. The van der Waals surface area contributed by atoms with Gasteiger partial charge in [0, 0.05) is 12.8 Å². The third-order valence-corrected chi connectivity index (χ3v) is 13.0. The normalized spacial score (nSPS) is 12.8. The number of ether oxygens (including phenoxy) is 1. The second-order valence-corrected chi connectivity index (χ2v) is 19.3. The highest BCUT2D eigenvalue weighted by Crippen LogP contribution is 2.17. The summed E-state index contributed by atoms with van der Waals surface area (Å²) in [4.78, 5) is 24.5. The average Bonchev–Trinajstić information content (AvgIpc) is 3.28. The monoisotopic (exact) mass is 888 g/mol. The number of aliphatic hydroxyl groups excluding tert-OH is 2. The summed E-state index contributed by atoms with van der Waals surface area (Å²) in [5.41, 5.74) is 0. The van der Waals surface area contributed by atoms with Gasteiger partial charge in [0.1, 0.15) is 0 Å². The van der Waals surface area contributed by atoms with Crippen LogP contribution in [0, 0.1) is 0 Å². The van der Waals surface area contributed by atoms with E-state index < -0.39 is 12.1 Å². The Morgan fingerprint density at radius 1 is 0.429 bits per heavy atom. The maximum Gasteiger partial charge on any atom is 0.305 e. The van der Waals surface area contributed by atoms with E-state index in [9.17, 15) is 19.8 Å². The van der Waals surface area contributed by atoms with Gasteiger partial charge in [0.25, 0.3) is 0 Å². The van der Waals surface area contributed by atoms with E-state index in [-0.39, 0.29) is 18.5 Å². The molecule has 0 saturated carbocycles. The summed E-state index contributed by atoms with van der Waals surface area (Å²) in [6.07, 6.45) is 63.3. The number of carbonyl (C=O) groups is 2. The fourth-order valence-electron chi connectivity index (χ4n) is 8.63. The molecule has 0 aromatic carbocycles. The maximum atomic E-state index is 12.5. The third-order valence-electron chi connectivity index (χ3n) is 13.0. The van der Waals surface area contributed by atoms with Crippen molar-refractivity contribution in [1.29, 1.82) is 0 Å². The number of unbranched alkanes of at least 4 members (excludes halogenated alkanes) is 39. The van der Waals surface area contributed by atoms with Crippen molar-refractivity contribution in [1.82, 2.24) is 5.32 Å². The molecule has 0 rings (SSSR count). The standard InChI is InChI=1S/C57H109NO5/c1-3-5-7-9-11-13-15-17-18-19-20-21-22-23-26-29-33-37-41-45-49-55(60)54(53-59)58-56(61)50-46-42-38-34-30-27-24-25-28-32-36-40-44-48-52-63-57(62)51-47-43-39-35-31-16-14-12-10-8-6-4-2/h12,14,45,49,54-55,59-60H,3-11,13,15-44,46-48,50-53H2,1-2H3,(H,58,61)/b14-12-,49-45+. The maximum absolute atomic E-state index is 12.5. The van der Waals surface area contributed by atoms with Crippen LogP contribution in [0.3, 0.4) is 0 Å². The molecule has 0 fully saturated rings. The van der Waals surface area contributed by atoms with Crippen molar-refractivity contribution in [2.45, 2.75) is 315 Å². The molecule has 2 unspecified atom stereocenters. The number of aliphatic hydroxyl groups is 2. The van der Waals surface area contributed by atoms with E-state index in [1.54, 1.807) is 6.08 Å². The van der Waals surface area contributed by atoms with Gasteiger partial charge < -0.3 is 20.3 Å². The highest BCUT2D eigenvalue weighted by Gasteiger charge is 2.18. The molecule has 3 N–H and O–H groups in total. The minimum atomic E-state index is -0.852. The fraction of sp³-hybridized carbons (Fsp3) is 0.895. The van der Waals surface area contributed by atoms with Crippen LogP contribution >= 0.6 is 0 Å². The van der Waals surface area contributed by atoms with Gasteiger partial charge in [-0.05, 0) is 57.8 Å². The van der Waals surface area contributed by atoms with Crippen molar-refractivity contribution in [2.75, 3.05) is 13.2 Å². The number of hydrogen-bond acceptors (Lipinski definition) is 5. The molecule has 0 heterocycles. The lowest BCUT2D eigenvalue weighted by Gasteiger charge is -2.20. The van der Waals surface area contributed by atoms with Crippen molar-refractivity contribution in [2.24, 2.45) is 0 Å². The van der Waals surface area contributed by atoms with Gasteiger partial charge in [-0.1, -0.05) is 256 Å². The SMILES string of the molecule is CCCCC/C=C\CCCCCCCC(=O)OCCCCCCCCCCCCCCCCC(=O)NC(CO)C(O)/C=C/CCCCCCCCCCCCCCCCCCCC. The van der Waals surface area contributed by atoms with Gasteiger partial charge in [-0.2, -0.15) is 0 Å². The molecule has 63 heavy (non-hydrogen) atoms. The zero-order valence-electron chi connectivity index (χ0n) is 42.3. The molecule has 0 aromatic heterocycles. The molecule has 6 nitrogen and oxygen atoms in total. The number of carbonyl (C=O) groups excluding carboxylic acids is 2. The van der Waals surface area contributed by atoms with Crippen LogP contribution in [0.4, 0.5) is 0 Å². The molecule has 2 atom stereocenters. The van der Waals surface area contributed by atoms with Crippen molar-refractivity contribution in [3.8, 4) is 0 Å². The van der Waals surface area contributed by atoms with Crippen LogP contribution in [0.15, 0.2) is 24.3 Å². The van der Waals surface area contributed by atoms with Crippen molar-refractivity contribution in [3.05, 3.63) is 24.3 Å². The Labute approximate surface area is 392 Å². The molecule has 0 aliphatic carbocycles. The van der Waals surface area contributed by atoms with E-state index in [1.807, 2.05) is 6.08 Å². The predicted octanol–water partition coefficient (Wildman–Crippen LogP) is 17.1. The van der Waals surface area contributed by atoms with Crippen LogP contribution in [-0.4, -0.2) is 47.4 Å².